The van der Waals surface area contributed by atoms with Crippen molar-refractivity contribution in [1.29, 1.82) is 0 Å². The topological polar surface area (TPSA) is 58.6 Å². The molecule has 1 aromatic heterocycles. The number of rotatable bonds is 4. The number of amides is 2. The molecule has 2 amide bonds. The van der Waals surface area contributed by atoms with Gasteiger partial charge in [-0.2, -0.15) is 11.3 Å². The number of thiophene rings is 1. The van der Waals surface area contributed by atoms with Crippen LogP contribution in [0.15, 0.2) is 16.8 Å². The van der Waals surface area contributed by atoms with Gasteiger partial charge < -0.3 is 15.0 Å². The van der Waals surface area contributed by atoms with Gasteiger partial charge in [-0.1, -0.05) is 0 Å². The van der Waals surface area contributed by atoms with E-state index in [2.05, 4.69) is 5.32 Å². The molecule has 0 unspecified atom stereocenters. The van der Waals surface area contributed by atoms with Gasteiger partial charge in [0.25, 0.3) is 0 Å². The monoisotopic (exact) mass is 296 g/mol. The highest BCUT2D eigenvalue weighted by Crippen LogP contribution is 2.17. The third-order valence-corrected chi connectivity index (χ3v) is 4.31. The number of nitrogens with zero attached hydrogens (tertiary/aromatic N) is 1. The molecule has 0 bridgehead atoms. The Labute approximate surface area is 122 Å². The smallest absolute Gasteiger partial charge is 0.409 e. The summed E-state index contributed by atoms with van der Waals surface area (Å²) in [5.74, 6) is 0.515. The Morgan fingerprint density at radius 2 is 2.20 bits per heavy atom. The summed E-state index contributed by atoms with van der Waals surface area (Å²) in [5, 5.41) is 6.95. The Balaban J connectivity index is 1.66. The number of carbonyl (C=O) groups excluding carboxylic acids is 2. The van der Waals surface area contributed by atoms with Gasteiger partial charge in [0, 0.05) is 19.6 Å². The molecule has 0 aliphatic carbocycles. The van der Waals surface area contributed by atoms with Gasteiger partial charge in [0.15, 0.2) is 0 Å². The van der Waals surface area contributed by atoms with Crippen molar-refractivity contribution in [3.05, 3.63) is 22.4 Å². The van der Waals surface area contributed by atoms with Crippen LogP contribution in [0.1, 0.15) is 18.4 Å². The second kappa shape index (κ2) is 7.28. The fourth-order valence-electron chi connectivity index (χ4n) is 2.35. The van der Waals surface area contributed by atoms with Gasteiger partial charge in [0.1, 0.15) is 0 Å². The standard InChI is InChI=1S/C14H20N2O3S/c1-19-14(18)16-5-2-11(3-6-16)9-15-13(17)8-12-4-7-20-10-12/h4,7,10-11H,2-3,5-6,8-9H2,1H3,(H,15,17). The average molecular weight is 296 g/mol. The molecule has 2 heterocycles. The van der Waals surface area contributed by atoms with Gasteiger partial charge in [0.05, 0.1) is 13.5 Å². The van der Waals surface area contributed by atoms with Gasteiger partial charge in [0.2, 0.25) is 5.91 Å². The zero-order valence-electron chi connectivity index (χ0n) is 11.6. The second-order valence-electron chi connectivity index (χ2n) is 5.01. The van der Waals surface area contributed by atoms with E-state index in [1.165, 1.54) is 7.11 Å². The number of hydrogen-bond acceptors (Lipinski definition) is 4. The molecule has 1 aromatic rings. The molecule has 1 fully saturated rings. The van der Waals surface area contributed by atoms with Gasteiger partial charge >= 0.3 is 6.09 Å². The number of piperidine rings is 1. The van der Waals surface area contributed by atoms with Crippen LogP contribution < -0.4 is 5.32 Å². The zero-order chi connectivity index (χ0) is 14.4. The maximum Gasteiger partial charge on any atom is 0.409 e. The number of ether oxygens (including phenoxy) is 1. The van der Waals surface area contributed by atoms with Crippen LogP contribution >= 0.6 is 11.3 Å². The van der Waals surface area contributed by atoms with Crippen molar-refractivity contribution < 1.29 is 14.3 Å². The number of hydrogen-bond donors (Lipinski definition) is 1. The van der Waals surface area contributed by atoms with E-state index >= 15 is 0 Å². The summed E-state index contributed by atoms with van der Waals surface area (Å²) in [6.45, 7) is 2.10. The predicted octanol–water partition coefficient (Wildman–Crippen LogP) is 1.89. The molecular weight excluding hydrogens is 276 g/mol. The summed E-state index contributed by atoms with van der Waals surface area (Å²) in [6.07, 6.45) is 2.01. The lowest BCUT2D eigenvalue weighted by molar-refractivity contribution is -0.120. The van der Waals surface area contributed by atoms with E-state index < -0.39 is 0 Å². The molecule has 1 aliphatic heterocycles. The van der Waals surface area contributed by atoms with Crippen LogP contribution in [0.25, 0.3) is 0 Å². The quantitative estimate of drug-likeness (QED) is 0.923. The van der Waals surface area contributed by atoms with Crippen molar-refractivity contribution in [3.8, 4) is 0 Å². The first-order valence-electron chi connectivity index (χ1n) is 6.79. The summed E-state index contributed by atoms with van der Waals surface area (Å²) >= 11 is 1.60. The Hall–Kier alpha value is -1.56. The van der Waals surface area contributed by atoms with E-state index in [1.54, 1.807) is 16.2 Å². The molecule has 0 saturated carbocycles. The summed E-state index contributed by atoms with van der Waals surface area (Å²) in [5.41, 5.74) is 1.06. The highest BCUT2D eigenvalue weighted by Gasteiger charge is 2.23. The normalized spacial score (nSPS) is 15.9. The molecule has 0 radical (unpaired) electrons. The first-order chi connectivity index (χ1) is 9.69. The molecule has 1 saturated heterocycles. The minimum atomic E-state index is -0.259. The number of carbonyl (C=O) groups is 2. The average Bonchev–Trinajstić information content (AvgIpc) is 2.97. The fourth-order valence-corrected chi connectivity index (χ4v) is 3.02. The highest BCUT2D eigenvalue weighted by molar-refractivity contribution is 7.07. The van der Waals surface area contributed by atoms with E-state index in [0.717, 1.165) is 18.4 Å². The molecule has 1 aliphatic rings. The van der Waals surface area contributed by atoms with Gasteiger partial charge in [-0.25, -0.2) is 4.79 Å². The molecule has 0 atom stereocenters. The van der Waals surface area contributed by atoms with Crippen molar-refractivity contribution in [1.82, 2.24) is 10.2 Å². The molecule has 1 N–H and O–H groups in total. The first-order valence-corrected chi connectivity index (χ1v) is 7.74. The Kier molecular flexibility index (Phi) is 5.40. The number of methoxy groups -OCH3 is 1. The third kappa shape index (κ3) is 4.23. The minimum absolute atomic E-state index is 0.0683. The van der Waals surface area contributed by atoms with Gasteiger partial charge in [-0.15, -0.1) is 0 Å². The Morgan fingerprint density at radius 3 is 2.80 bits per heavy atom. The largest absolute Gasteiger partial charge is 0.453 e. The van der Waals surface area contributed by atoms with Crippen molar-refractivity contribution >= 4 is 23.3 Å². The molecule has 110 valence electrons. The molecule has 0 spiro atoms. The summed E-state index contributed by atoms with van der Waals surface area (Å²) < 4.78 is 4.70. The fraction of sp³-hybridized carbons (Fsp3) is 0.571. The van der Waals surface area contributed by atoms with Gasteiger partial charge in [-0.3, -0.25) is 4.79 Å². The van der Waals surface area contributed by atoms with Crippen LogP contribution in [0.2, 0.25) is 0 Å². The van der Waals surface area contributed by atoms with Crippen LogP contribution in [-0.2, 0) is 16.0 Å². The van der Waals surface area contributed by atoms with Crippen LogP contribution in [-0.4, -0.2) is 43.6 Å². The van der Waals surface area contributed by atoms with Crippen LogP contribution in [0.3, 0.4) is 0 Å². The predicted molar refractivity (Wildman–Crippen MR) is 77.7 cm³/mol. The van der Waals surface area contributed by atoms with E-state index in [1.807, 2.05) is 16.8 Å². The van der Waals surface area contributed by atoms with E-state index in [9.17, 15) is 9.59 Å². The number of likely N-dealkylation sites (tertiary alicyclic amines) is 1. The second-order valence-corrected chi connectivity index (χ2v) is 5.79. The maximum atomic E-state index is 11.8. The zero-order valence-corrected chi connectivity index (χ0v) is 12.4. The van der Waals surface area contributed by atoms with Crippen molar-refractivity contribution in [2.24, 2.45) is 5.92 Å². The molecule has 20 heavy (non-hydrogen) atoms. The molecule has 6 heteroatoms. The maximum absolute atomic E-state index is 11.8. The molecule has 2 rings (SSSR count). The van der Waals surface area contributed by atoms with E-state index in [4.69, 9.17) is 4.74 Å². The van der Waals surface area contributed by atoms with Crippen LogP contribution in [0, 0.1) is 5.92 Å². The van der Waals surface area contributed by atoms with Crippen molar-refractivity contribution in [3.63, 3.8) is 0 Å². The van der Waals surface area contributed by atoms with Crippen LogP contribution in [0.5, 0.6) is 0 Å². The van der Waals surface area contributed by atoms with Gasteiger partial charge in [-0.05, 0) is 41.1 Å². The van der Waals surface area contributed by atoms with E-state index in [-0.39, 0.29) is 12.0 Å². The van der Waals surface area contributed by atoms with Crippen LogP contribution in [0.4, 0.5) is 4.79 Å². The first kappa shape index (κ1) is 14.8. The number of nitrogens with one attached hydrogen (secondary N) is 1. The SMILES string of the molecule is COC(=O)N1CCC(CNC(=O)Cc2ccsc2)CC1. The van der Waals surface area contributed by atoms with Crippen molar-refractivity contribution in [2.75, 3.05) is 26.7 Å². The molecule has 0 aromatic carbocycles. The molecule has 5 nitrogen and oxygen atoms in total. The minimum Gasteiger partial charge on any atom is -0.453 e. The lowest BCUT2D eigenvalue weighted by Crippen LogP contribution is -2.41. The Morgan fingerprint density at radius 1 is 1.45 bits per heavy atom. The lowest BCUT2D eigenvalue weighted by atomic mass is 9.97. The van der Waals surface area contributed by atoms with Crippen molar-refractivity contribution in [2.45, 2.75) is 19.3 Å². The summed E-state index contributed by atoms with van der Waals surface area (Å²) in [6, 6.07) is 1.97. The highest BCUT2D eigenvalue weighted by atomic mass is 32.1. The third-order valence-electron chi connectivity index (χ3n) is 3.58. The summed E-state index contributed by atoms with van der Waals surface area (Å²) in [7, 11) is 1.40. The lowest BCUT2D eigenvalue weighted by Gasteiger charge is -2.30. The molecular formula is C14H20N2O3S. The van der Waals surface area contributed by atoms with E-state index in [0.29, 0.717) is 32.0 Å². The summed E-state index contributed by atoms with van der Waals surface area (Å²) in [4.78, 5) is 24.8. The Bertz CT molecular complexity index is 439.